The van der Waals surface area contributed by atoms with Crippen LogP contribution in [-0.2, 0) is 27.9 Å². The fourth-order valence-corrected chi connectivity index (χ4v) is 7.96. The lowest BCUT2D eigenvalue weighted by Crippen LogP contribution is -2.29. The van der Waals surface area contributed by atoms with E-state index in [1.54, 1.807) is 0 Å². The highest BCUT2D eigenvalue weighted by Gasteiger charge is 2.26. The number of hydrogen-bond donors (Lipinski definition) is 3. The highest BCUT2D eigenvalue weighted by atomic mass is 31.2. The molecule has 0 heterocycles. The maximum absolute atomic E-state index is 12.7. The molecule has 0 aliphatic rings. The normalized spacial score (nSPS) is 14.2. The van der Waals surface area contributed by atoms with Crippen LogP contribution in [0.15, 0.2) is 48.6 Å². The van der Waals surface area contributed by atoms with E-state index in [1.807, 2.05) is 0 Å². The summed E-state index contributed by atoms with van der Waals surface area (Å²) >= 11 is 0. The van der Waals surface area contributed by atoms with Gasteiger partial charge in [0.25, 0.3) is 0 Å². The Morgan fingerprint density at radius 1 is 0.516 bits per heavy atom. The smallest absolute Gasteiger partial charge is 0.457 e. The molecule has 0 spiro atoms. The van der Waals surface area contributed by atoms with Crippen molar-refractivity contribution in [3.63, 3.8) is 0 Å². The minimum atomic E-state index is -4.53. The molecule has 364 valence electrons. The van der Waals surface area contributed by atoms with Crippen molar-refractivity contribution in [3.05, 3.63) is 48.6 Å². The molecule has 0 saturated carbocycles. The van der Waals surface area contributed by atoms with Gasteiger partial charge in [0.2, 0.25) is 0 Å². The molecule has 0 aromatic rings. The van der Waals surface area contributed by atoms with Crippen molar-refractivity contribution in [2.75, 3.05) is 33.0 Å². The number of rotatable bonds is 49. The third kappa shape index (κ3) is 47.9. The number of aliphatic hydroxyl groups is 2. The number of carbonyl (C=O) groups is 1. The average Bonchev–Trinajstić information content (AvgIpc) is 3.26. The zero-order chi connectivity index (χ0) is 45.3. The predicted octanol–water partition coefficient (Wildman–Crippen LogP) is 14.9. The number of aliphatic hydroxyl groups excluding tert-OH is 2. The van der Waals surface area contributed by atoms with Crippen LogP contribution in [0.2, 0.25) is 0 Å². The molecule has 0 rings (SSSR count). The molecule has 0 bridgehead atoms. The molecule has 0 aromatic heterocycles. The second-order valence-electron chi connectivity index (χ2n) is 17.2. The summed E-state index contributed by atoms with van der Waals surface area (Å²) in [7, 11) is -4.53. The molecule has 0 amide bonds. The molecule has 0 aromatic carbocycles. The Hall–Kier alpha value is -1.58. The predicted molar refractivity (Wildman–Crippen MR) is 260 cm³/mol. The first kappa shape index (κ1) is 60.4. The molecular formula is C52H97O9P. The Morgan fingerprint density at radius 2 is 0.919 bits per heavy atom. The van der Waals surface area contributed by atoms with Gasteiger partial charge in [-0.3, -0.25) is 13.8 Å². The average molecular weight is 897 g/mol. The highest BCUT2D eigenvalue weighted by Crippen LogP contribution is 2.43. The molecule has 0 saturated heterocycles. The minimum Gasteiger partial charge on any atom is -0.457 e. The van der Waals surface area contributed by atoms with E-state index in [4.69, 9.17) is 23.6 Å². The summed E-state index contributed by atoms with van der Waals surface area (Å²) in [5, 5.41) is 18.4. The largest absolute Gasteiger partial charge is 0.472 e. The first-order chi connectivity index (χ1) is 30.3. The van der Waals surface area contributed by atoms with E-state index in [0.29, 0.717) is 13.0 Å². The lowest BCUT2D eigenvalue weighted by Gasteiger charge is -2.20. The molecule has 0 aliphatic heterocycles. The lowest BCUT2D eigenvalue weighted by atomic mass is 10.0. The number of allylic oxidation sites excluding steroid dienone is 8. The topological polar surface area (TPSA) is 132 Å². The second kappa shape index (κ2) is 48.9. The number of carbonyl (C=O) groups excluding carboxylic acids is 1. The van der Waals surface area contributed by atoms with Gasteiger partial charge in [0, 0.05) is 13.0 Å². The van der Waals surface area contributed by atoms with Gasteiger partial charge in [0.1, 0.15) is 12.2 Å². The Morgan fingerprint density at radius 3 is 1.39 bits per heavy atom. The van der Waals surface area contributed by atoms with Gasteiger partial charge < -0.3 is 24.6 Å². The van der Waals surface area contributed by atoms with Gasteiger partial charge in [-0.2, -0.15) is 0 Å². The van der Waals surface area contributed by atoms with Gasteiger partial charge >= 0.3 is 13.8 Å². The number of ether oxygens (including phenoxy) is 2. The summed E-state index contributed by atoms with van der Waals surface area (Å²) in [5.41, 5.74) is 0. The SMILES string of the molecule is CC/C=C\C/C=C\C/C=C\C/C=C\CCCCCCC(=O)OC(COCCCCCCCCCCCCCCCCCCCCCCCCCC)COP(=O)(O)OCC(O)CO. The van der Waals surface area contributed by atoms with Gasteiger partial charge in [-0.1, -0.05) is 223 Å². The Kier molecular flexibility index (Phi) is 47.6. The van der Waals surface area contributed by atoms with E-state index in [-0.39, 0.29) is 19.6 Å². The highest BCUT2D eigenvalue weighted by molar-refractivity contribution is 7.47. The molecule has 3 N–H and O–H groups in total. The fraction of sp³-hybridized carbons (Fsp3) is 0.827. The van der Waals surface area contributed by atoms with Crippen LogP contribution in [-0.4, -0.2) is 66.3 Å². The van der Waals surface area contributed by atoms with Gasteiger partial charge in [-0.15, -0.1) is 0 Å². The van der Waals surface area contributed by atoms with Gasteiger partial charge in [-0.25, -0.2) is 4.57 Å². The zero-order valence-electron chi connectivity index (χ0n) is 40.1. The molecule has 9 nitrogen and oxygen atoms in total. The monoisotopic (exact) mass is 897 g/mol. The van der Waals surface area contributed by atoms with E-state index < -0.39 is 39.2 Å². The van der Waals surface area contributed by atoms with E-state index >= 15 is 0 Å². The summed E-state index contributed by atoms with van der Waals surface area (Å²) in [4.78, 5) is 22.7. The summed E-state index contributed by atoms with van der Waals surface area (Å²) < 4.78 is 33.5. The molecule has 3 unspecified atom stereocenters. The van der Waals surface area contributed by atoms with Crippen LogP contribution in [0.1, 0.15) is 232 Å². The quantitative estimate of drug-likeness (QED) is 0.0236. The standard InChI is InChI=1S/C52H97O9P/c1-3-5-7-9-11-13-15-17-19-21-22-23-24-25-26-27-29-31-33-35-37-39-41-43-45-58-48-51(49-60-62(56,57)59-47-50(54)46-53)61-52(55)44-42-40-38-36-34-32-30-28-20-18-16-14-12-10-8-6-4-2/h6,8,12,14,18,20,30,32,50-51,53-54H,3-5,7,9-11,13,15-17,19,21-29,31,33-49H2,1-2H3,(H,56,57)/b8-6-,14-12-,20-18-,32-30-. The van der Waals surface area contributed by atoms with E-state index in [0.717, 1.165) is 70.6 Å². The van der Waals surface area contributed by atoms with Gasteiger partial charge in [0.15, 0.2) is 0 Å². The maximum atomic E-state index is 12.7. The maximum Gasteiger partial charge on any atom is 0.472 e. The third-order valence-electron chi connectivity index (χ3n) is 11.0. The van der Waals surface area contributed by atoms with Crippen molar-refractivity contribution in [1.82, 2.24) is 0 Å². The Balaban J connectivity index is 4.05. The number of phosphoric acid groups is 1. The minimum absolute atomic E-state index is 0.0409. The molecule has 0 radical (unpaired) electrons. The molecular weight excluding hydrogens is 800 g/mol. The van der Waals surface area contributed by atoms with Crippen LogP contribution in [0.25, 0.3) is 0 Å². The van der Waals surface area contributed by atoms with Crippen molar-refractivity contribution in [1.29, 1.82) is 0 Å². The van der Waals surface area contributed by atoms with Crippen LogP contribution in [0.5, 0.6) is 0 Å². The summed E-state index contributed by atoms with van der Waals surface area (Å²) in [5.74, 6) is -0.402. The van der Waals surface area contributed by atoms with E-state index in [2.05, 4.69) is 62.5 Å². The summed E-state index contributed by atoms with van der Waals surface area (Å²) in [6.07, 6.45) is 56.6. The number of unbranched alkanes of at least 4 members (excludes halogenated alkanes) is 27. The molecule has 0 fully saturated rings. The molecule has 10 heteroatoms. The second-order valence-corrected chi connectivity index (χ2v) is 18.6. The van der Waals surface area contributed by atoms with E-state index in [1.165, 1.54) is 135 Å². The van der Waals surface area contributed by atoms with Crippen LogP contribution in [0, 0.1) is 0 Å². The van der Waals surface area contributed by atoms with Crippen LogP contribution >= 0.6 is 7.82 Å². The molecule has 3 atom stereocenters. The van der Waals surface area contributed by atoms with Gasteiger partial charge in [0.05, 0.1) is 26.4 Å². The Labute approximate surface area is 381 Å². The van der Waals surface area contributed by atoms with Crippen molar-refractivity contribution < 1.29 is 43.0 Å². The van der Waals surface area contributed by atoms with Crippen molar-refractivity contribution >= 4 is 13.8 Å². The van der Waals surface area contributed by atoms with Gasteiger partial charge in [-0.05, 0) is 51.4 Å². The zero-order valence-corrected chi connectivity index (χ0v) is 41.0. The van der Waals surface area contributed by atoms with Crippen LogP contribution < -0.4 is 0 Å². The van der Waals surface area contributed by atoms with Crippen molar-refractivity contribution in [3.8, 4) is 0 Å². The van der Waals surface area contributed by atoms with E-state index in [9.17, 15) is 19.4 Å². The first-order valence-corrected chi connectivity index (χ1v) is 27.1. The first-order valence-electron chi connectivity index (χ1n) is 25.6. The number of esters is 1. The molecule has 0 aliphatic carbocycles. The van der Waals surface area contributed by atoms with Crippen molar-refractivity contribution in [2.24, 2.45) is 0 Å². The fourth-order valence-electron chi connectivity index (χ4n) is 7.17. The summed E-state index contributed by atoms with van der Waals surface area (Å²) in [6, 6.07) is 0. The van der Waals surface area contributed by atoms with Crippen LogP contribution in [0.4, 0.5) is 0 Å². The number of hydrogen-bond acceptors (Lipinski definition) is 8. The molecule has 62 heavy (non-hydrogen) atoms. The number of phosphoric ester groups is 1. The summed E-state index contributed by atoms with van der Waals surface area (Å²) in [6.45, 7) is 3.41. The lowest BCUT2D eigenvalue weighted by molar-refractivity contribution is -0.154. The van der Waals surface area contributed by atoms with Crippen molar-refractivity contribution in [2.45, 2.75) is 244 Å². The van der Waals surface area contributed by atoms with Crippen LogP contribution in [0.3, 0.4) is 0 Å². The third-order valence-corrected chi connectivity index (χ3v) is 12.0. The Bertz CT molecular complexity index is 1110.